The highest BCUT2D eigenvalue weighted by Crippen LogP contribution is 2.36. The second-order valence-corrected chi connectivity index (χ2v) is 9.30. The summed E-state index contributed by atoms with van der Waals surface area (Å²) in [6.07, 6.45) is 1.35. The standard InChI is InChI=1S/C20H32BNO3/c1-18(2,3)22-13-12-17(14-22)23-16-10-8-15(9-11-16)21-24-19(4,5)20(6,7)25-21/h8-11,17H,12-14H2,1-7H3/t17-/m0/s1. The van der Waals surface area contributed by atoms with E-state index in [1.165, 1.54) is 0 Å². The Morgan fingerprint density at radius 3 is 2.08 bits per heavy atom. The second-order valence-electron chi connectivity index (χ2n) is 9.30. The van der Waals surface area contributed by atoms with Gasteiger partial charge < -0.3 is 14.0 Å². The number of nitrogens with zero attached hydrogens (tertiary/aromatic N) is 1. The lowest BCUT2D eigenvalue weighted by Crippen LogP contribution is -2.41. The van der Waals surface area contributed by atoms with Crippen LogP contribution in [0, 0.1) is 0 Å². The highest BCUT2D eigenvalue weighted by molar-refractivity contribution is 6.62. The van der Waals surface area contributed by atoms with Crippen LogP contribution in [0.25, 0.3) is 0 Å². The molecule has 0 N–H and O–H groups in total. The SMILES string of the molecule is CC(C)(C)N1CC[C@H](Oc2ccc(B3OC(C)(C)C(C)(C)O3)cc2)C1. The number of hydrogen-bond acceptors (Lipinski definition) is 4. The normalized spacial score (nSPS) is 26.2. The van der Waals surface area contributed by atoms with E-state index < -0.39 is 0 Å². The summed E-state index contributed by atoms with van der Waals surface area (Å²) in [6, 6.07) is 8.15. The van der Waals surface area contributed by atoms with Crippen molar-refractivity contribution in [3.8, 4) is 5.75 Å². The first kappa shape index (κ1) is 18.7. The quantitative estimate of drug-likeness (QED) is 0.787. The van der Waals surface area contributed by atoms with E-state index in [1.54, 1.807) is 0 Å². The van der Waals surface area contributed by atoms with E-state index in [9.17, 15) is 0 Å². The number of ether oxygens (including phenoxy) is 1. The van der Waals surface area contributed by atoms with E-state index in [4.69, 9.17) is 14.0 Å². The molecule has 138 valence electrons. The monoisotopic (exact) mass is 345 g/mol. The summed E-state index contributed by atoms with van der Waals surface area (Å²) in [5, 5.41) is 0. The Bertz CT molecular complexity index is 590. The van der Waals surface area contributed by atoms with Crippen LogP contribution >= 0.6 is 0 Å². The van der Waals surface area contributed by atoms with Gasteiger partial charge in [0, 0.05) is 18.6 Å². The van der Waals surface area contributed by atoms with Crippen LogP contribution in [0.2, 0.25) is 0 Å². The van der Waals surface area contributed by atoms with Crippen molar-refractivity contribution in [3.05, 3.63) is 24.3 Å². The molecule has 2 fully saturated rings. The van der Waals surface area contributed by atoms with Gasteiger partial charge in [-0.25, -0.2) is 0 Å². The molecule has 5 heteroatoms. The minimum absolute atomic E-state index is 0.207. The van der Waals surface area contributed by atoms with E-state index >= 15 is 0 Å². The zero-order valence-electron chi connectivity index (χ0n) is 16.8. The Morgan fingerprint density at radius 2 is 1.60 bits per heavy atom. The molecule has 2 heterocycles. The van der Waals surface area contributed by atoms with Gasteiger partial charge in [-0.1, -0.05) is 12.1 Å². The molecule has 0 unspecified atom stereocenters. The number of rotatable bonds is 3. The smallest absolute Gasteiger partial charge is 0.489 e. The maximum atomic E-state index is 6.18. The van der Waals surface area contributed by atoms with Crippen LogP contribution in [0.3, 0.4) is 0 Å². The summed E-state index contributed by atoms with van der Waals surface area (Å²) in [7, 11) is -0.318. The van der Waals surface area contributed by atoms with Crippen molar-refractivity contribution in [2.24, 2.45) is 0 Å². The number of hydrogen-bond donors (Lipinski definition) is 0. The van der Waals surface area contributed by atoms with Gasteiger partial charge in [0.15, 0.2) is 0 Å². The molecule has 0 saturated carbocycles. The lowest BCUT2D eigenvalue weighted by molar-refractivity contribution is 0.00578. The molecule has 0 radical (unpaired) electrons. The average molecular weight is 345 g/mol. The topological polar surface area (TPSA) is 30.9 Å². The Morgan fingerprint density at radius 1 is 1.04 bits per heavy atom. The Kier molecular flexibility index (Phi) is 4.72. The third kappa shape index (κ3) is 3.89. The summed E-state index contributed by atoms with van der Waals surface area (Å²) in [4.78, 5) is 2.48. The van der Waals surface area contributed by atoms with Crippen LogP contribution in [0.5, 0.6) is 5.75 Å². The van der Waals surface area contributed by atoms with E-state index in [2.05, 4.69) is 53.4 Å². The first-order chi connectivity index (χ1) is 11.5. The summed E-state index contributed by atoms with van der Waals surface area (Å²) < 4.78 is 18.4. The van der Waals surface area contributed by atoms with Crippen LogP contribution in [-0.4, -0.2) is 48.0 Å². The lowest BCUT2D eigenvalue weighted by Gasteiger charge is -2.32. The number of benzene rings is 1. The molecule has 0 bridgehead atoms. The van der Waals surface area contributed by atoms with Crippen LogP contribution < -0.4 is 10.2 Å². The van der Waals surface area contributed by atoms with Gasteiger partial charge in [-0.3, -0.25) is 4.90 Å². The van der Waals surface area contributed by atoms with Crippen molar-refractivity contribution in [3.63, 3.8) is 0 Å². The summed E-state index contributed by atoms with van der Waals surface area (Å²) in [6.45, 7) is 17.2. The average Bonchev–Trinajstić information content (AvgIpc) is 3.02. The van der Waals surface area contributed by atoms with Crippen molar-refractivity contribution in [2.45, 2.75) is 77.7 Å². The van der Waals surface area contributed by atoms with Gasteiger partial charge in [-0.05, 0) is 72.5 Å². The van der Waals surface area contributed by atoms with Crippen molar-refractivity contribution in [2.75, 3.05) is 13.1 Å². The predicted molar refractivity (Wildman–Crippen MR) is 103 cm³/mol. The van der Waals surface area contributed by atoms with Gasteiger partial charge in [0.2, 0.25) is 0 Å². The van der Waals surface area contributed by atoms with E-state index in [1.807, 2.05) is 24.3 Å². The van der Waals surface area contributed by atoms with Crippen molar-refractivity contribution in [1.82, 2.24) is 4.90 Å². The summed E-state index contributed by atoms with van der Waals surface area (Å²) in [5.74, 6) is 0.918. The Balaban J connectivity index is 1.61. The van der Waals surface area contributed by atoms with Gasteiger partial charge in [0.05, 0.1) is 11.2 Å². The van der Waals surface area contributed by atoms with Gasteiger partial charge >= 0.3 is 7.12 Å². The van der Waals surface area contributed by atoms with Crippen molar-refractivity contribution in [1.29, 1.82) is 0 Å². The minimum Gasteiger partial charge on any atom is -0.489 e. The maximum absolute atomic E-state index is 6.18. The molecule has 3 rings (SSSR count). The Hall–Kier alpha value is -1.04. The predicted octanol–water partition coefficient (Wildman–Crippen LogP) is 3.24. The fourth-order valence-corrected chi connectivity index (χ4v) is 3.31. The molecule has 25 heavy (non-hydrogen) atoms. The molecule has 0 amide bonds. The third-order valence-electron chi connectivity index (χ3n) is 5.80. The van der Waals surface area contributed by atoms with E-state index in [0.717, 1.165) is 30.7 Å². The molecule has 1 atom stereocenters. The fraction of sp³-hybridized carbons (Fsp3) is 0.700. The lowest BCUT2D eigenvalue weighted by atomic mass is 9.79. The van der Waals surface area contributed by atoms with Crippen LogP contribution in [0.1, 0.15) is 54.9 Å². The molecule has 2 aliphatic rings. The summed E-state index contributed by atoms with van der Waals surface area (Å²) in [5.41, 5.74) is 0.618. The molecule has 2 saturated heterocycles. The summed E-state index contributed by atoms with van der Waals surface area (Å²) >= 11 is 0. The molecule has 0 aromatic heterocycles. The molecule has 2 aliphatic heterocycles. The largest absolute Gasteiger partial charge is 0.494 e. The van der Waals surface area contributed by atoms with Crippen molar-refractivity contribution >= 4 is 12.6 Å². The zero-order chi connectivity index (χ0) is 18.5. The Labute approximate surface area is 153 Å². The minimum atomic E-state index is -0.318. The van der Waals surface area contributed by atoms with Crippen molar-refractivity contribution < 1.29 is 14.0 Å². The van der Waals surface area contributed by atoms with Gasteiger partial charge in [0.25, 0.3) is 0 Å². The zero-order valence-corrected chi connectivity index (χ0v) is 16.8. The molecule has 4 nitrogen and oxygen atoms in total. The highest BCUT2D eigenvalue weighted by Gasteiger charge is 2.51. The second kappa shape index (κ2) is 6.29. The van der Waals surface area contributed by atoms with Crippen LogP contribution in [0.4, 0.5) is 0 Å². The van der Waals surface area contributed by atoms with Gasteiger partial charge in [-0.2, -0.15) is 0 Å². The molecule has 0 spiro atoms. The highest BCUT2D eigenvalue weighted by atomic mass is 16.7. The molecular formula is C20H32BNO3. The van der Waals surface area contributed by atoms with Gasteiger partial charge in [0.1, 0.15) is 11.9 Å². The molecule has 1 aromatic rings. The van der Waals surface area contributed by atoms with E-state index in [-0.39, 0.29) is 30.0 Å². The first-order valence-electron chi connectivity index (χ1n) is 9.35. The number of likely N-dealkylation sites (tertiary alicyclic amines) is 1. The van der Waals surface area contributed by atoms with Crippen LogP contribution in [-0.2, 0) is 9.31 Å². The third-order valence-corrected chi connectivity index (χ3v) is 5.80. The fourth-order valence-electron chi connectivity index (χ4n) is 3.31. The molecular weight excluding hydrogens is 313 g/mol. The maximum Gasteiger partial charge on any atom is 0.494 e. The van der Waals surface area contributed by atoms with Crippen LogP contribution in [0.15, 0.2) is 24.3 Å². The molecule has 0 aliphatic carbocycles. The molecule has 1 aromatic carbocycles. The first-order valence-corrected chi connectivity index (χ1v) is 9.35. The van der Waals surface area contributed by atoms with E-state index in [0.29, 0.717) is 0 Å². The van der Waals surface area contributed by atoms with Gasteiger partial charge in [-0.15, -0.1) is 0 Å².